The van der Waals surface area contributed by atoms with Crippen LogP contribution in [0.1, 0.15) is 40.3 Å². The fraction of sp³-hybridized carbons (Fsp3) is 0.267. The summed E-state index contributed by atoms with van der Waals surface area (Å²) in [6, 6.07) is 9.74. The van der Waals surface area contributed by atoms with Crippen molar-refractivity contribution in [2.45, 2.75) is 26.8 Å². The summed E-state index contributed by atoms with van der Waals surface area (Å²) in [4.78, 5) is 15.4. The van der Waals surface area contributed by atoms with Crippen molar-refractivity contribution in [3.05, 3.63) is 57.3 Å². The SMILES string of the molecule is Cc1cc(C(=O)N[C@H](C)c2ccccc2Br)c(C)[nH]1. The van der Waals surface area contributed by atoms with E-state index in [1.807, 2.05) is 51.1 Å². The van der Waals surface area contributed by atoms with Crippen molar-refractivity contribution in [3.63, 3.8) is 0 Å². The van der Waals surface area contributed by atoms with Gasteiger partial charge in [0.1, 0.15) is 0 Å². The van der Waals surface area contributed by atoms with Gasteiger partial charge in [-0.1, -0.05) is 34.1 Å². The van der Waals surface area contributed by atoms with Crippen molar-refractivity contribution in [1.29, 1.82) is 0 Å². The van der Waals surface area contributed by atoms with Gasteiger partial charge in [0.25, 0.3) is 5.91 Å². The van der Waals surface area contributed by atoms with E-state index in [4.69, 9.17) is 0 Å². The predicted octanol–water partition coefficient (Wildman–Crippen LogP) is 3.89. The monoisotopic (exact) mass is 320 g/mol. The summed E-state index contributed by atoms with van der Waals surface area (Å²) in [6.07, 6.45) is 0. The van der Waals surface area contributed by atoms with Gasteiger partial charge in [-0.25, -0.2) is 0 Å². The second kappa shape index (κ2) is 5.61. The molecule has 100 valence electrons. The predicted molar refractivity (Wildman–Crippen MR) is 80.3 cm³/mol. The summed E-state index contributed by atoms with van der Waals surface area (Å²) in [5.74, 6) is -0.0508. The summed E-state index contributed by atoms with van der Waals surface area (Å²) < 4.78 is 1.00. The Kier molecular flexibility index (Phi) is 4.10. The third kappa shape index (κ3) is 3.07. The Bertz CT molecular complexity index is 604. The fourth-order valence-corrected chi connectivity index (χ4v) is 2.77. The maximum atomic E-state index is 12.2. The first kappa shape index (κ1) is 13.9. The number of amides is 1. The van der Waals surface area contributed by atoms with Gasteiger partial charge in [0.15, 0.2) is 0 Å². The minimum atomic E-state index is -0.0508. The number of aromatic nitrogens is 1. The van der Waals surface area contributed by atoms with Crippen molar-refractivity contribution in [3.8, 4) is 0 Å². The summed E-state index contributed by atoms with van der Waals surface area (Å²) in [5, 5.41) is 3.02. The normalized spacial score (nSPS) is 12.2. The molecule has 0 spiro atoms. The van der Waals surface area contributed by atoms with E-state index in [0.717, 1.165) is 21.4 Å². The Balaban J connectivity index is 2.15. The van der Waals surface area contributed by atoms with Crippen molar-refractivity contribution in [1.82, 2.24) is 10.3 Å². The molecule has 0 saturated carbocycles. The van der Waals surface area contributed by atoms with Gasteiger partial charge >= 0.3 is 0 Å². The second-order valence-electron chi connectivity index (χ2n) is 4.71. The molecule has 2 N–H and O–H groups in total. The van der Waals surface area contributed by atoms with Gasteiger partial charge in [0, 0.05) is 15.9 Å². The number of nitrogens with one attached hydrogen (secondary N) is 2. The summed E-state index contributed by atoms with van der Waals surface area (Å²) in [7, 11) is 0. The van der Waals surface area contributed by atoms with Gasteiger partial charge in [-0.3, -0.25) is 4.79 Å². The largest absolute Gasteiger partial charge is 0.362 e. The number of benzene rings is 1. The van der Waals surface area contributed by atoms with Gasteiger partial charge in [0.2, 0.25) is 0 Å². The topological polar surface area (TPSA) is 44.9 Å². The number of rotatable bonds is 3. The average Bonchev–Trinajstić information content (AvgIpc) is 2.69. The first-order valence-electron chi connectivity index (χ1n) is 6.20. The molecule has 0 unspecified atom stereocenters. The Morgan fingerprint density at radius 2 is 2.00 bits per heavy atom. The van der Waals surface area contributed by atoms with Gasteiger partial charge in [0.05, 0.1) is 11.6 Å². The molecule has 0 aliphatic heterocycles. The van der Waals surface area contributed by atoms with Gasteiger partial charge in [-0.15, -0.1) is 0 Å². The van der Waals surface area contributed by atoms with E-state index in [1.165, 1.54) is 0 Å². The summed E-state index contributed by atoms with van der Waals surface area (Å²) >= 11 is 3.50. The molecule has 1 heterocycles. The van der Waals surface area contributed by atoms with E-state index in [-0.39, 0.29) is 11.9 Å². The van der Waals surface area contributed by atoms with Crippen molar-refractivity contribution in [2.75, 3.05) is 0 Å². The zero-order valence-electron chi connectivity index (χ0n) is 11.3. The molecule has 1 aromatic carbocycles. The minimum absolute atomic E-state index is 0.0438. The quantitative estimate of drug-likeness (QED) is 0.885. The number of aryl methyl sites for hydroxylation is 2. The number of H-pyrrole nitrogens is 1. The van der Waals surface area contributed by atoms with Crippen LogP contribution in [0.15, 0.2) is 34.8 Å². The van der Waals surface area contributed by atoms with Crippen molar-refractivity contribution < 1.29 is 4.79 Å². The summed E-state index contributed by atoms with van der Waals surface area (Å²) in [6.45, 7) is 5.83. The molecule has 1 amide bonds. The Labute approximate surface area is 121 Å². The van der Waals surface area contributed by atoms with Crippen LogP contribution in [0.3, 0.4) is 0 Å². The van der Waals surface area contributed by atoms with Crippen LogP contribution in [-0.2, 0) is 0 Å². The zero-order chi connectivity index (χ0) is 14.0. The van der Waals surface area contributed by atoms with Crippen LogP contribution in [-0.4, -0.2) is 10.9 Å². The molecule has 0 radical (unpaired) electrons. The lowest BCUT2D eigenvalue weighted by atomic mass is 10.1. The lowest BCUT2D eigenvalue weighted by molar-refractivity contribution is 0.0939. The fourth-order valence-electron chi connectivity index (χ4n) is 2.14. The van der Waals surface area contributed by atoms with Gasteiger partial charge in [-0.2, -0.15) is 0 Å². The Morgan fingerprint density at radius 1 is 1.32 bits per heavy atom. The Morgan fingerprint density at radius 3 is 2.58 bits per heavy atom. The third-order valence-corrected chi connectivity index (χ3v) is 3.84. The van der Waals surface area contributed by atoms with Crippen LogP contribution in [0.2, 0.25) is 0 Å². The van der Waals surface area contributed by atoms with Crippen LogP contribution < -0.4 is 5.32 Å². The second-order valence-corrected chi connectivity index (χ2v) is 5.56. The molecule has 1 aromatic heterocycles. The maximum Gasteiger partial charge on any atom is 0.253 e. The molecule has 0 bridgehead atoms. The molecule has 1 atom stereocenters. The van der Waals surface area contributed by atoms with Crippen LogP contribution in [0.4, 0.5) is 0 Å². The number of carbonyl (C=O) groups excluding carboxylic acids is 1. The van der Waals surface area contributed by atoms with E-state index in [1.54, 1.807) is 0 Å². The lowest BCUT2D eigenvalue weighted by Gasteiger charge is -2.15. The average molecular weight is 321 g/mol. The number of hydrogen-bond donors (Lipinski definition) is 2. The molecular weight excluding hydrogens is 304 g/mol. The van der Waals surface area contributed by atoms with E-state index in [0.29, 0.717) is 5.56 Å². The molecular formula is C15H17BrN2O. The van der Waals surface area contributed by atoms with E-state index in [9.17, 15) is 4.79 Å². The highest BCUT2D eigenvalue weighted by Gasteiger charge is 2.16. The van der Waals surface area contributed by atoms with E-state index < -0.39 is 0 Å². The smallest absolute Gasteiger partial charge is 0.253 e. The third-order valence-electron chi connectivity index (χ3n) is 3.11. The van der Waals surface area contributed by atoms with E-state index in [2.05, 4.69) is 26.2 Å². The maximum absolute atomic E-state index is 12.2. The van der Waals surface area contributed by atoms with E-state index >= 15 is 0 Å². The molecule has 4 heteroatoms. The van der Waals surface area contributed by atoms with Crippen LogP contribution in [0, 0.1) is 13.8 Å². The minimum Gasteiger partial charge on any atom is -0.362 e. The van der Waals surface area contributed by atoms with Gasteiger partial charge < -0.3 is 10.3 Å². The molecule has 0 fully saturated rings. The molecule has 0 aliphatic carbocycles. The number of halogens is 1. The van der Waals surface area contributed by atoms with Crippen LogP contribution in [0.5, 0.6) is 0 Å². The summed E-state index contributed by atoms with van der Waals surface area (Å²) in [5.41, 5.74) is 3.67. The van der Waals surface area contributed by atoms with Gasteiger partial charge in [-0.05, 0) is 38.5 Å². The highest BCUT2D eigenvalue weighted by atomic mass is 79.9. The van der Waals surface area contributed by atoms with Crippen LogP contribution >= 0.6 is 15.9 Å². The molecule has 2 rings (SSSR count). The number of aromatic amines is 1. The lowest BCUT2D eigenvalue weighted by Crippen LogP contribution is -2.27. The number of carbonyl (C=O) groups is 1. The molecule has 19 heavy (non-hydrogen) atoms. The zero-order valence-corrected chi connectivity index (χ0v) is 12.8. The Hall–Kier alpha value is -1.55. The highest BCUT2D eigenvalue weighted by Crippen LogP contribution is 2.23. The van der Waals surface area contributed by atoms with Crippen LogP contribution in [0.25, 0.3) is 0 Å². The van der Waals surface area contributed by atoms with Crippen molar-refractivity contribution in [2.24, 2.45) is 0 Å². The molecule has 0 saturated heterocycles. The standard InChI is InChI=1S/C15H17BrN2O/c1-9-8-13(11(3)17-9)15(19)18-10(2)12-6-4-5-7-14(12)16/h4-8,10,17H,1-3H3,(H,18,19)/t10-/m1/s1. The number of hydrogen-bond acceptors (Lipinski definition) is 1. The first-order valence-corrected chi connectivity index (χ1v) is 7.00. The molecule has 3 nitrogen and oxygen atoms in total. The highest BCUT2D eigenvalue weighted by molar-refractivity contribution is 9.10. The molecule has 2 aromatic rings. The van der Waals surface area contributed by atoms with Crippen molar-refractivity contribution >= 4 is 21.8 Å². The molecule has 0 aliphatic rings. The first-order chi connectivity index (χ1) is 8.99.